The van der Waals surface area contributed by atoms with Gasteiger partial charge in [-0.25, -0.2) is 9.89 Å². The summed E-state index contributed by atoms with van der Waals surface area (Å²) >= 11 is 0. The van der Waals surface area contributed by atoms with E-state index in [1.807, 2.05) is 4.90 Å². The molecule has 1 aromatic heterocycles. The number of aromatic amines is 2. The van der Waals surface area contributed by atoms with Crippen LogP contribution in [0.4, 0.5) is 0 Å². The van der Waals surface area contributed by atoms with E-state index in [0.717, 1.165) is 38.9 Å². The molecule has 2 saturated heterocycles. The molecule has 1 atom stereocenters. The number of H-pyrrole nitrogens is 2. The van der Waals surface area contributed by atoms with Crippen molar-refractivity contribution in [1.29, 1.82) is 0 Å². The molecule has 24 heavy (non-hydrogen) atoms. The number of carbonyl (C=O) groups is 1. The van der Waals surface area contributed by atoms with Gasteiger partial charge in [0.1, 0.15) is 0 Å². The first-order valence-corrected chi connectivity index (χ1v) is 9.41. The number of amides is 1. The van der Waals surface area contributed by atoms with E-state index in [9.17, 15) is 9.59 Å². The van der Waals surface area contributed by atoms with Gasteiger partial charge in [-0.2, -0.15) is 5.10 Å². The third-order valence-corrected chi connectivity index (χ3v) is 5.97. The second-order valence-corrected chi connectivity index (χ2v) is 7.55. The van der Waals surface area contributed by atoms with Crippen molar-refractivity contribution < 1.29 is 4.79 Å². The molecule has 4 rings (SSSR count). The molecule has 3 heterocycles. The number of nitrogens with zero attached hydrogens (tertiary/aromatic N) is 3. The van der Waals surface area contributed by atoms with Gasteiger partial charge in [-0.05, 0) is 32.1 Å². The fourth-order valence-corrected chi connectivity index (χ4v) is 4.57. The fourth-order valence-electron chi connectivity index (χ4n) is 4.57. The van der Waals surface area contributed by atoms with Crippen LogP contribution in [0.2, 0.25) is 0 Å². The van der Waals surface area contributed by atoms with Gasteiger partial charge in [-0.3, -0.25) is 14.7 Å². The Morgan fingerprint density at radius 1 is 1.04 bits per heavy atom. The third-order valence-electron chi connectivity index (χ3n) is 5.97. The van der Waals surface area contributed by atoms with Crippen LogP contribution in [-0.4, -0.2) is 56.6 Å². The van der Waals surface area contributed by atoms with Crippen molar-refractivity contribution >= 4 is 5.91 Å². The molecular formula is C17H27N5O2. The molecule has 1 aliphatic carbocycles. The van der Waals surface area contributed by atoms with E-state index in [2.05, 4.69) is 20.1 Å². The van der Waals surface area contributed by atoms with E-state index in [0.29, 0.717) is 11.9 Å². The van der Waals surface area contributed by atoms with Crippen molar-refractivity contribution in [1.82, 2.24) is 25.0 Å². The Labute approximate surface area is 141 Å². The highest BCUT2D eigenvalue weighted by molar-refractivity contribution is 5.80. The van der Waals surface area contributed by atoms with Crippen LogP contribution in [0.25, 0.3) is 0 Å². The molecule has 0 aromatic carbocycles. The quantitative estimate of drug-likeness (QED) is 0.876. The van der Waals surface area contributed by atoms with Crippen molar-refractivity contribution in [2.24, 2.45) is 5.92 Å². The zero-order chi connectivity index (χ0) is 16.5. The molecule has 7 heteroatoms. The largest absolute Gasteiger partial charge is 0.340 e. The number of hydrogen-bond donors (Lipinski definition) is 2. The molecule has 7 nitrogen and oxygen atoms in total. The normalized spacial score (nSPS) is 27.2. The number of rotatable bonds is 3. The second kappa shape index (κ2) is 6.70. The molecule has 3 aliphatic rings. The highest BCUT2D eigenvalue weighted by Gasteiger charge is 2.41. The van der Waals surface area contributed by atoms with E-state index in [1.165, 1.54) is 32.1 Å². The molecule has 0 bridgehead atoms. The van der Waals surface area contributed by atoms with Crippen LogP contribution >= 0.6 is 0 Å². The Kier molecular flexibility index (Phi) is 4.43. The summed E-state index contributed by atoms with van der Waals surface area (Å²) in [7, 11) is 0. The Hall–Kier alpha value is -1.63. The molecule has 1 amide bonds. The van der Waals surface area contributed by atoms with Crippen LogP contribution in [0.5, 0.6) is 0 Å². The Bertz CT molecular complexity index is 627. The molecule has 1 aromatic rings. The van der Waals surface area contributed by atoms with Crippen molar-refractivity contribution in [3.63, 3.8) is 0 Å². The lowest BCUT2D eigenvalue weighted by molar-refractivity contribution is -0.146. The van der Waals surface area contributed by atoms with Gasteiger partial charge >= 0.3 is 5.69 Å². The van der Waals surface area contributed by atoms with E-state index >= 15 is 0 Å². The van der Waals surface area contributed by atoms with Gasteiger partial charge in [0.25, 0.3) is 0 Å². The lowest BCUT2D eigenvalue weighted by Gasteiger charge is -2.47. The Morgan fingerprint density at radius 2 is 1.79 bits per heavy atom. The molecule has 3 fully saturated rings. The van der Waals surface area contributed by atoms with Crippen molar-refractivity contribution in [2.75, 3.05) is 19.6 Å². The first kappa shape index (κ1) is 15.9. The minimum absolute atomic E-state index is 0.0751. The number of carbonyl (C=O) groups excluding carboxylic acids is 1. The lowest BCUT2D eigenvalue weighted by Crippen LogP contribution is -2.58. The predicted molar refractivity (Wildman–Crippen MR) is 89.4 cm³/mol. The summed E-state index contributed by atoms with van der Waals surface area (Å²) in [6.07, 6.45) is 9.61. The van der Waals surface area contributed by atoms with E-state index in [1.54, 1.807) is 0 Å². The molecule has 1 saturated carbocycles. The number of nitrogens with one attached hydrogen (secondary N) is 2. The molecule has 0 unspecified atom stereocenters. The van der Waals surface area contributed by atoms with Gasteiger partial charge in [0, 0.05) is 25.7 Å². The average Bonchev–Trinajstić information content (AvgIpc) is 3.01. The van der Waals surface area contributed by atoms with Gasteiger partial charge < -0.3 is 4.90 Å². The zero-order valence-corrected chi connectivity index (χ0v) is 14.2. The van der Waals surface area contributed by atoms with Crippen LogP contribution < -0.4 is 5.69 Å². The minimum Gasteiger partial charge on any atom is -0.332 e. The summed E-state index contributed by atoms with van der Waals surface area (Å²) in [5.41, 5.74) is -0.296. The Balaban J connectivity index is 1.39. The Morgan fingerprint density at radius 3 is 2.50 bits per heavy atom. The summed E-state index contributed by atoms with van der Waals surface area (Å²) in [5, 5.41) is 6.49. The molecule has 2 aliphatic heterocycles. The maximum Gasteiger partial charge on any atom is 0.340 e. The third kappa shape index (κ3) is 3.01. The van der Waals surface area contributed by atoms with Gasteiger partial charge in [-0.15, -0.1) is 0 Å². The van der Waals surface area contributed by atoms with E-state index in [4.69, 9.17) is 0 Å². The first-order chi connectivity index (χ1) is 11.7. The van der Waals surface area contributed by atoms with Gasteiger partial charge in [0.05, 0.1) is 12.0 Å². The van der Waals surface area contributed by atoms with E-state index in [-0.39, 0.29) is 23.6 Å². The second-order valence-electron chi connectivity index (χ2n) is 7.55. The molecule has 132 valence electrons. The monoisotopic (exact) mass is 333 g/mol. The summed E-state index contributed by atoms with van der Waals surface area (Å²) in [5.74, 6) is 0.977. The van der Waals surface area contributed by atoms with Crippen LogP contribution in [0.3, 0.4) is 0 Å². The van der Waals surface area contributed by atoms with Crippen molar-refractivity contribution in [2.45, 2.75) is 63.5 Å². The highest BCUT2D eigenvalue weighted by Crippen LogP contribution is 2.33. The van der Waals surface area contributed by atoms with Crippen LogP contribution in [0, 0.1) is 5.92 Å². The van der Waals surface area contributed by atoms with E-state index < -0.39 is 0 Å². The molecule has 2 N–H and O–H groups in total. The summed E-state index contributed by atoms with van der Waals surface area (Å²) in [4.78, 5) is 31.5. The summed E-state index contributed by atoms with van der Waals surface area (Å²) in [6, 6.07) is 0.622. The summed E-state index contributed by atoms with van der Waals surface area (Å²) < 4.78 is 0. The lowest BCUT2D eigenvalue weighted by atomic mass is 9.87. The fraction of sp³-hybridized carbons (Fsp3) is 0.824. The van der Waals surface area contributed by atoms with Crippen LogP contribution in [-0.2, 0) is 4.79 Å². The highest BCUT2D eigenvalue weighted by atomic mass is 16.2. The maximum atomic E-state index is 13.0. The maximum absolute atomic E-state index is 13.0. The topological polar surface area (TPSA) is 85.1 Å². The van der Waals surface area contributed by atoms with Gasteiger partial charge in [-0.1, -0.05) is 19.3 Å². The van der Waals surface area contributed by atoms with Crippen molar-refractivity contribution in [3.8, 4) is 0 Å². The zero-order valence-electron chi connectivity index (χ0n) is 14.2. The number of likely N-dealkylation sites (tertiary alicyclic amines) is 2. The molecular weight excluding hydrogens is 306 g/mol. The molecule has 0 radical (unpaired) electrons. The van der Waals surface area contributed by atoms with Crippen molar-refractivity contribution in [3.05, 3.63) is 16.3 Å². The average molecular weight is 333 g/mol. The number of hydrogen-bond acceptors (Lipinski definition) is 4. The van der Waals surface area contributed by atoms with Gasteiger partial charge in [0.2, 0.25) is 5.91 Å². The standard InChI is InChI=1S/C17H27N5O2/c23-16(12-10-21(11-12)13-6-2-1-3-7-13)22-9-5-4-8-14(22)15-18-17(24)20-19-15/h12-14H,1-11H2,(H2,18,19,20,24)/t14-/m0/s1. The minimum atomic E-state index is -0.296. The smallest absolute Gasteiger partial charge is 0.332 e. The summed E-state index contributed by atoms with van der Waals surface area (Å²) in [6.45, 7) is 2.59. The predicted octanol–water partition coefficient (Wildman–Crippen LogP) is 1.42. The van der Waals surface area contributed by atoms with Crippen LogP contribution in [0.15, 0.2) is 4.79 Å². The van der Waals surface area contributed by atoms with Crippen LogP contribution in [0.1, 0.15) is 63.2 Å². The first-order valence-electron chi connectivity index (χ1n) is 9.41. The number of piperidine rings is 1. The SMILES string of the molecule is O=C(C1CN(C2CCCCC2)C1)N1CCCC[C@H]1c1n[nH]c(=O)[nH]1. The molecule has 0 spiro atoms. The number of aromatic nitrogens is 3. The van der Waals surface area contributed by atoms with Gasteiger partial charge in [0.15, 0.2) is 5.82 Å².